The minimum Gasteiger partial charge on any atom is -0.504 e. The molecule has 8 heteroatoms. The molecule has 2 aromatic rings. The van der Waals surface area contributed by atoms with E-state index in [-0.39, 0.29) is 29.7 Å². The molecule has 0 saturated heterocycles. The van der Waals surface area contributed by atoms with E-state index in [4.69, 9.17) is 13.9 Å². The number of benzene rings is 1. The van der Waals surface area contributed by atoms with Gasteiger partial charge < -0.3 is 29.6 Å². The van der Waals surface area contributed by atoms with Crippen LogP contribution in [0.15, 0.2) is 46.0 Å². The number of furan rings is 1. The monoisotopic (exact) mass is 503 g/mol. The molecule has 0 unspecified atom stereocenters. The molecule has 0 atom stereocenters. The Balaban J connectivity index is 0.00000392. The number of guanidine groups is 1. The van der Waals surface area contributed by atoms with E-state index in [1.165, 1.54) is 0 Å². The maximum absolute atomic E-state index is 9.65. The van der Waals surface area contributed by atoms with E-state index in [1.807, 2.05) is 31.2 Å². The summed E-state index contributed by atoms with van der Waals surface area (Å²) in [5, 5.41) is 16.2. The van der Waals surface area contributed by atoms with E-state index < -0.39 is 0 Å². The topological polar surface area (TPSA) is 88.3 Å². The van der Waals surface area contributed by atoms with Crippen molar-refractivity contribution in [3.63, 3.8) is 0 Å². The lowest BCUT2D eigenvalue weighted by molar-refractivity contribution is 0.105. The van der Waals surface area contributed by atoms with Gasteiger partial charge in [0.05, 0.1) is 13.4 Å². The first-order valence-corrected chi connectivity index (χ1v) is 9.21. The number of phenolic OH excluding ortho intramolecular Hbond substituents is 1. The van der Waals surface area contributed by atoms with Crippen LogP contribution in [0.3, 0.4) is 0 Å². The molecular formula is C20H30IN3O4. The molecule has 0 spiro atoms. The van der Waals surface area contributed by atoms with Crippen LogP contribution < -0.4 is 15.4 Å². The second-order valence-corrected chi connectivity index (χ2v) is 5.93. The highest BCUT2D eigenvalue weighted by Gasteiger charge is 2.03. The molecule has 0 bridgehead atoms. The molecular weight excluding hydrogens is 473 g/mol. The van der Waals surface area contributed by atoms with Crippen molar-refractivity contribution in [2.75, 3.05) is 33.4 Å². The molecule has 1 aromatic carbocycles. The van der Waals surface area contributed by atoms with E-state index in [2.05, 4.69) is 15.6 Å². The van der Waals surface area contributed by atoms with E-state index in [9.17, 15) is 5.11 Å². The highest BCUT2D eigenvalue weighted by molar-refractivity contribution is 14.0. The molecule has 7 nitrogen and oxygen atoms in total. The summed E-state index contributed by atoms with van der Waals surface area (Å²) >= 11 is 0. The average Bonchev–Trinajstić information content (AvgIpc) is 3.19. The number of halogens is 1. The van der Waals surface area contributed by atoms with Crippen molar-refractivity contribution in [1.82, 2.24) is 10.6 Å². The lowest BCUT2D eigenvalue weighted by Crippen LogP contribution is -2.38. The smallest absolute Gasteiger partial charge is 0.191 e. The average molecular weight is 503 g/mol. The summed E-state index contributed by atoms with van der Waals surface area (Å²) in [5.41, 5.74) is 1.08. The highest BCUT2D eigenvalue weighted by Crippen LogP contribution is 2.26. The second kappa shape index (κ2) is 14.1. The Bertz CT molecular complexity index is 693. The maximum atomic E-state index is 9.65. The predicted molar refractivity (Wildman–Crippen MR) is 121 cm³/mol. The van der Waals surface area contributed by atoms with Crippen LogP contribution in [0.2, 0.25) is 0 Å². The fourth-order valence-electron chi connectivity index (χ4n) is 2.47. The van der Waals surface area contributed by atoms with Crippen molar-refractivity contribution in [1.29, 1.82) is 0 Å². The van der Waals surface area contributed by atoms with Gasteiger partial charge in [0.15, 0.2) is 17.5 Å². The van der Waals surface area contributed by atoms with Gasteiger partial charge in [0.1, 0.15) is 12.4 Å². The number of aliphatic imine (C=N–C) groups is 1. The van der Waals surface area contributed by atoms with Gasteiger partial charge in [-0.2, -0.15) is 0 Å². The lowest BCUT2D eigenvalue weighted by Gasteiger charge is -2.12. The summed E-state index contributed by atoms with van der Waals surface area (Å²) in [6.07, 6.45) is 3.28. The fraction of sp³-hybridized carbons (Fsp3) is 0.450. The molecule has 0 aliphatic heterocycles. The first-order valence-electron chi connectivity index (χ1n) is 9.21. The molecule has 2 rings (SSSR count). The molecule has 1 heterocycles. The quantitative estimate of drug-likeness (QED) is 0.189. The molecule has 3 N–H and O–H groups in total. The van der Waals surface area contributed by atoms with Gasteiger partial charge in [-0.05, 0) is 49.6 Å². The Morgan fingerprint density at radius 1 is 1.25 bits per heavy atom. The van der Waals surface area contributed by atoms with E-state index >= 15 is 0 Å². The number of methoxy groups -OCH3 is 1. The SMILES string of the molecule is CCNC(=NCCCOCc1ccco1)NCCc1ccc(O)c(OC)c1.I. The first-order chi connectivity index (χ1) is 13.2. The zero-order chi connectivity index (χ0) is 19.3. The summed E-state index contributed by atoms with van der Waals surface area (Å²) in [4.78, 5) is 4.55. The number of hydrogen-bond donors (Lipinski definition) is 3. The van der Waals surface area contributed by atoms with Gasteiger partial charge in [0.25, 0.3) is 0 Å². The predicted octanol–water partition coefficient (Wildman–Crippen LogP) is 3.32. The van der Waals surface area contributed by atoms with E-state index in [0.717, 1.165) is 43.2 Å². The Labute approximate surface area is 183 Å². The van der Waals surface area contributed by atoms with Crippen LogP contribution in [0.5, 0.6) is 11.5 Å². The molecule has 1 aromatic heterocycles. The number of nitrogens with one attached hydrogen (secondary N) is 2. The van der Waals surface area contributed by atoms with Gasteiger partial charge in [-0.25, -0.2) is 0 Å². The third-order valence-corrected chi connectivity index (χ3v) is 3.84. The summed E-state index contributed by atoms with van der Waals surface area (Å²) in [6.45, 7) is 5.37. The Kier molecular flexibility index (Phi) is 12.1. The zero-order valence-corrected chi connectivity index (χ0v) is 18.8. The van der Waals surface area contributed by atoms with Crippen molar-refractivity contribution in [3.8, 4) is 11.5 Å². The fourth-order valence-corrected chi connectivity index (χ4v) is 2.47. The van der Waals surface area contributed by atoms with Crippen LogP contribution in [-0.4, -0.2) is 44.4 Å². The minimum absolute atomic E-state index is 0. The van der Waals surface area contributed by atoms with Crippen molar-refractivity contribution in [2.45, 2.75) is 26.4 Å². The normalized spacial score (nSPS) is 11.0. The van der Waals surface area contributed by atoms with Gasteiger partial charge >= 0.3 is 0 Å². The second-order valence-electron chi connectivity index (χ2n) is 5.93. The summed E-state index contributed by atoms with van der Waals surface area (Å²) in [7, 11) is 1.55. The number of aromatic hydroxyl groups is 1. The molecule has 0 aliphatic carbocycles. The molecule has 0 radical (unpaired) electrons. The first kappa shape index (κ1) is 24.1. The van der Waals surface area contributed by atoms with Crippen molar-refractivity contribution >= 4 is 29.9 Å². The van der Waals surface area contributed by atoms with Gasteiger partial charge in [-0.1, -0.05) is 6.07 Å². The molecule has 28 heavy (non-hydrogen) atoms. The van der Waals surface area contributed by atoms with Gasteiger partial charge in [-0.3, -0.25) is 4.99 Å². The van der Waals surface area contributed by atoms with E-state index in [0.29, 0.717) is 25.5 Å². The minimum atomic E-state index is 0. The zero-order valence-electron chi connectivity index (χ0n) is 16.4. The highest BCUT2D eigenvalue weighted by atomic mass is 127. The Morgan fingerprint density at radius 3 is 2.82 bits per heavy atom. The van der Waals surface area contributed by atoms with Crippen LogP contribution in [-0.2, 0) is 17.8 Å². The van der Waals surface area contributed by atoms with Crippen LogP contribution in [0, 0.1) is 0 Å². The molecule has 0 amide bonds. The molecule has 156 valence electrons. The Morgan fingerprint density at radius 2 is 2.11 bits per heavy atom. The number of ether oxygens (including phenoxy) is 2. The standard InChI is InChI=1S/C20H29N3O4.HI/c1-3-21-20(22-10-5-12-26-15-17-6-4-13-27-17)23-11-9-16-7-8-18(24)19(14-16)25-2;/h4,6-8,13-14,24H,3,5,9-12,15H2,1-2H3,(H2,21,22,23);1H. The van der Waals surface area contributed by atoms with E-state index in [1.54, 1.807) is 19.4 Å². The maximum Gasteiger partial charge on any atom is 0.191 e. The third-order valence-electron chi connectivity index (χ3n) is 3.84. The van der Waals surface area contributed by atoms with Crippen LogP contribution in [0.1, 0.15) is 24.7 Å². The van der Waals surface area contributed by atoms with Gasteiger partial charge in [-0.15, -0.1) is 24.0 Å². The molecule has 0 saturated carbocycles. The van der Waals surface area contributed by atoms with Crippen LogP contribution in [0.4, 0.5) is 0 Å². The molecule has 0 fully saturated rings. The van der Waals surface area contributed by atoms with Crippen molar-refractivity contribution in [3.05, 3.63) is 47.9 Å². The number of nitrogens with zero attached hydrogens (tertiary/aromatic N) is 1. The van der Waals surface area contributed by atoms with Crippen molar-refractivity contribution < 1.29 is 19.0 Å². The Hall–Kier alpha value is -1.94. The largest absolute Gasteiger partial charge is 0.504 e. The van der Waals surface area contributed by atoms with Gasteiger partial charge in [0, 0.05) is 26.2 Å². The third kappa shape index (κ3) is 8.83. The lowest BCUT2D eigenvalue weighted by atomic mass is 10.1. The van der Waals surface area contributed by atoms with Crippen LogP contribution >= 0.6 is 24.0 Å². The number of phenols is 1. The van der Waals surface area contributed by atoms with Crippen molar-refractivity contribution in [2.24, 2.45) is 4.99 Å². The number of rotatable bonds is 11. The summed E-state index contributed by atoms with van der Waals surface area (Å²) < 4.78 is 15.9. The summed E-state index contributed by atoms with van der Waals surface area (Å²) in [5.74, 6) is 2.26. The number of hydrogen-bond acceptors (Lipinski definition) is 5. The summed E-state index contributed by atoms with van der Waals surface area (Å²) in [6, 6.07) is 9.13. The van der Waals surface area contributed by atoms with Gasteiger partial charge in [0.2, 0.25) is 0 Å². The molecule has 0 aliphatic rings. The van der Waals surface area contributed by atoms with Crippen LogP contribution in [0.25, 0.3) is 0 Å².